The zero-order valence-electron chi connectivity index (χ0n) is 12.0. The molecule has 5 heteroatoms. The van der Waals surface area contributed by atoms with Crippen molar-refractivity contribution in [1.29, 1.82) is 0 Å². The Morgan fingerprint density at radius 2 is 1.77 bits per heavy atom. The van der Waals surface area contributed by atoms with E-state index >= 15 is 0 Å². The molecule has 0 aromatic heterocycles. The molecular formula is C17H15ClN2OS. The molecule has 2 rings (SSSR count). The van der Waals surface area contributed by atoms with Crippen LogP contribution in [-0.2, 0) is 4.79 Å². The van der Waals surface area contributed by atoms with Gasteiger partial charge in [-0.25, -0.2) is 0 Å². The van der Waals surface area contributed by atoms with Crippen molar-refractivity contribution in [1.82, 2.24) is 5.32 Å². The third-order valence-electron chi connectivity index (χ3n) is 3.00. The Balaban J connectivity index is 1.97. The second-order valence-corrected chi connectivity index (χ2v) is 5.34. The lowest BCUT2D eigenvalue weighted by molar-refractivity contribution is -0.115. The summed E-state index contributed by atoms with van der Waals surface area (Å²) in [4.78, 5) is 13.7. The minimum atomic E-state index is -0.298. The summed E-state index contributed by atoms with van der Waals surface area (Å²) in [6.07, 6.45) is 3.06. The average molecular weight is 331 g/mol. The Morgan fingerprint density at radius 1 is 1.14 bits per heavy atom. The summed E-state index contributed by atoms with van der Waals surface area (Å²) < 4.78 is 0. The molecule has 0 atom stereocenters. The van der Waals surface area contributed by atoms with E-state index in [9.17, 15) is 4.79 Å². The predicted octanol–water partition coefficient (Wildman–Crippen LogP) is 3.89. The Bertz CT molecular complexity index is 701. The minimum Gasteiger partial charge on any atom is -0.322 e. The van der Waals surface area contributed by atoms with Crippen LogP contribution in [0.4, 0.5) is 5.69 Å². The number of thiocarbonyl (C=S) groups is 1. The lowest BCUT2D eigenvalue weighted by atomic mass is 10.2. The molecule has 0 spiro atoms. The van der Waals surface area contributed by atoms with Crippen molar-refractivity contribution < 1.29 is 4.79 Å². The van der Waals surface area contributed by atoms with E-state index in [0.717, 1.165) is 11.3 Å². The summed E-state index contributed by atoms with van der Waals surface area (Å²) in [5.74, 6) is -0.298. The maximum atomic E-state index is 11.9. The van der Waals surface area contributed by atoms with Crippen molar-refractivity contribution in [2.75, 3.05) is 11.9 Å². The van der Waals surface area contributed by atoms with Gasteiger partial charge in [-0.3, -0.25) is 10.1 Å². The minimum absolute atomic E-state index is 0.298. The molecule has 0 aliphatic rings. The van der Waals surface area contributed by atoms with Crippen molar-refractivity contribution in [3.63, 3.8) is 0 Å². The first-order chi connectivity index (χ1) is 10.6. The summed E-state index contributed by atoms with van der Waals surface area (Å²) in [7, 11) is 1.80. The quantitative estimate of drug-likeness (QED) is 0.684. The van der Waals surface area contributed by atoms with Gasteiger partial charge in [-0.1, -0.05) is 48.0 Å². The molecule has 22 heavy (non-hydrogen) atoms. The Kier molecular flexibility index (Phi) is 5.69. The number of nitrogens with one attached hydrogen (secondary N) is 1. The highest BCUT2D eigenvalue weighted by atomic mass is 35.5. The second-order valence-electron chi connectivity index (χ2n) is 4.54. The maximum Gasteiger partial charge on any atom is 0.250 e. The molecule has 2 aromatic rings. The molecule has 0 aliphatic carbocycles. The van der Waals surface area contributed by atoms with Crippen molar-refractivity contribution in [2.45, 2.75) is 0 Å². The number of hydrogen-bond donors (Lipinski definition) is 1. The van der Waals surface area contributed by atoms with Crippen LogP contribution in [0.1, 0.15) is 5.56 Å². The Labute approximate surface area is 140 Å². The third kappa shape index (κ3) is 4.41. The van der Waals surface area contributed by atoms with Crippen LogP contribution in [0.25, 0.3) is 6.08 Å². The van der Waals surface area contributed by atoms with E-state index < -0.39 is 0 Å². The topological polar surface area (TPSA) is 32.3 Å². The zero-order chi connectivity index (χ0) is 15.9. The molecule has 0 bridgehead atoms. The summed E-state index contributed by atoms with van der Waals surface area (Å²) in [6.45, 7) is 0. The van der Waals surface area contributed by atoms with Gasteiger partial charge in [0.05, 0.1) is 0 Å². The van der Waals surface area contributed by atoms with Crippen LogP contribution in [-0.4, -0.2) is 18.1 Å². The van der Waals surface area contributed by atoms with E-state index in [1.54, 1.807) is 24.1 Å². The van der Waals surface area contributed by atoms with E-state index in [0.29, 0.717) is 10.1 Å². The van der Waals surface area contributed by atoms with E-state index in [1.165, 1.54) is 6.08 Å². The second kappa shape index (κ2) is 7.73. The van der Waals surface area contributed by atoms with Crippen LogP contribution >= 0.6 is 23.8 Å². The monoisotopic (exact) mass is 330 g/mol. The smallest absolute Gasteiger partial charge is 0.250 e. The number of para-hydroxylation sites is 1. The standard InChI is InChI=1S/C17H15ClN2OS/c1-20(14-8-3-2-4-9-14)17(22)19-16(21)12-11-13-7-5-6-10-15(13)18/h2-12H,1H3,(H,19,21,22). The first-order valence-electron chi connectivity index (χ1n) is 6.64. The van der Waals surface area contributed by atoms with Gasteiger partial charge >= 0.3 is 0 Å². The normalized spacial score (nSPS) is 10.5. The predicted molar refractivity (Wildman–Crippen MR) is 96.1 cm³/mol. The number of amides is 1. The van der Waals surface area contributed by atoms with Gasteiger partial charge < -0.3 is 4.90 Å². The number of anilines is 1. The number of rotatable bonds is 3. The fourth-order valence-corrected chi connectivity index (χ4v) is 2.18. The highest BCUT2D eigenvalue weighted by Gasteiger charge is 2.08. The molecule has 0 heterocycles. The molecular weight excluding hydrogens is 316 g/mol. The average Bonchev–Trinajstić information content (AvgIpc) is 2.54. The number of nitrogens with zero attached hydrogens (tertiary/aromatic N) is 1. The first kappa shape index (κ1) is 16.2. The Morgan fingerprint density at radius 3 is 2.45 bits per heavy atom. The van der Waals surface area contributed by atoms with E-state index in [1.807, 2.05) is 48.5 Å². The van der Waals surface area contributed by atoms with Crippen LogP contribution < -0.4 is 10.2 Å². The van der Waals surface area contributed by atoms with Crippen LogP contribution in [0.15, 0.2) is 60.7 Å². The van der Waals surface area contributed by atoms with Crippen LogP contribution in [0, 0.1) is 0 Å². The number of hydrogen-bond acceptors (Lipinski definition) is 2. The van der Waals surface area contributed by atoms with Gasteiger partial charge in [0.15, 0.2) is 5.11 Å². The van der Waals surface area contributed by atoms with Gasteiger partial charge in [-0.15, -0.1) is 0 Å². The fraction of sp³-hybridized carbons (Fsp3) is 0.0588. The lowest BCUT2D eigenvalue weighted by Crippen LogP contribution is -2.39. The van der Waals surface area contributed by atoms with Gasteiger partial charge in [-0.05, 0) is 42.1 Å². The molecule has 0 unspecified atom stereocenters. The highest BCUT2D eigenvalue weighted by molar-refractivity contribution is 7.80. The first-order valence-corrected chi connectivity index (χ1v) is 7.43. The fourth-order valence-electron chi connectivity index (χ4n) is 1.78. The van der Waals surface area contributed by atoms with Gasteiger partial charge in [0.1, 0.15) is 0 Å². The van der Waals surface area contributed by atoms with Crippen molar-refractivity contribution >= 4 is 46.6 Å². The van der Waals surface area contributed by atoms with Crippen LogP contribution in [0.5, 0.6) is 0 Å². The number of carbonyl (C=O) groups is 1. The number of benzene rings is 2. The molecule has 0 saturated heterocycles. The molecule has 0 fully saturated rings. The molecule has 0 aliphatic heterocycles. The third-order valence-corrected chi connectivity index (χ3v) is 3.72. The SMILES string of the molecule is CN(C(=S)NC(=O)C=Cc1ccccc1Cl)c1ccccc1. The summed E-state index contributed by atoms with van der Waals surface area (Å²) in [6, 6.07) is 16.9. The van der Waals surface area contributed by atoms with Crippen molar-refractivity contribution in [3.8, 4) is 0 Å². The van der Waals surface area contributed by atoms with Crippen LogP contribution in [0.2, 0.25) is 5.02 Å². The molecule has 1 N–H and O–H groups in total. The van der Waals surface area contributed by atoms with E-state index in [4.69, 9.17) is 23.8 Å². The molecule has 0 saturated carbocycles. The zero-order valence-corrected chi connectivity index (χ0v) is 13.6. The molecule has 3 nitrogen and oxygen atoms in total. The summed E-state index contributed by atoms with van der Waals surface area (Å²) in [5.41, 5.74) is 1.68. The number of halogens is 1. The van der Waals surface area contributed by atoms with Crippen LogP contribution in [0.3, 0.4) is 0 Å². The lowest BCUT2D eigenvalue weighted by Gasteiger charge is -2.19. The van der Waals surface area contributed by atoms with E-state index in [2.05, 4.69) is 5.32 Å². The summed E-state index contributed by atoms with van der Waals surface area (Å²) >= 11 is 11.3. The molecule has 1 amide bonds. The maximum absolute atomic E-state index is 11.9. The number of carbonyl (C=O) groups excluding carboxylic acids is 1. The highest BCUT2D eigenvalue weighted by Crippen LogP contribution is 2.16. The molecule has 2 aromatic carbocycles. The summed E-state index contributed by atoms with van der Waals surface area (Å²) in [5, 5.41) is 3.58. The van der Waals surface area contributed by atoms with Gasteiger partial charge in [0.2, 0.25) is 5.91 Å². The Hall–Kier alpha value is -2.17. The molecule has 112 valence electrons. The van der Waals surface area contributed by atoms with Crippen molar-refractivity contribution in [3.05, 3.63) is 71.3 Å². The molecule has 0 radical (unpaired) electrons. The van der Waals surface area contributed by atoms with Gasteiger partial charge in [-0.2, -0.15) is 0 Å². The van der Waals surface area contributed by atoms with Gasteiger partial charge in [0.25, 0.3) is 0 Å². The largest absolute Gasteiger partial charge is 0.322 e. The van der Waals surface area contributed by atoms with Gasteiger partial charge in [0, 0.05) is 23.8 Å². The van der Waals surface area contributed by atoms with E-state index in [-0.39, 0.29) is 5.91 Å². The van der Waals surface area contributed by atoms with Crippen molar-refractivity contribution in [2.24, 2.45) is 0 Å².